The molecule has 8 heteroatoms. The lowest BCUT2D eigenvalue weighted by atomic mass is 9.91. The lowest BCUT2D eigenvalue weighted by Gasteiger charge is -2.27. The third-order valence-corrected chi connectivity index (χ3v) is 7.64. The second kappa shape index (κ2) is 7.98. The molecule has 1 saturated carbocycles. The summed E-state index contributed by atoms with van der Waals surface area (Å²) in [5, 5.41) is 2.54. The third kappa shape index (κ3) is 3.31. The van der Waals surface area contributed by atoms with Gasteiger partial charge in [-0.15, -0.1) is 0 Å². The van der Waals surface area contributed by atoms with Crippen LogP contribution in [0.3, 0.4) is 0 Å². The molecule has 6 rings (SSSR count). The number of nitrogens with one attached hydrogen (secondary N) is 1. The molecule has 1 atom stereocenters. The number of pyridine rings is 1. The highest BCUT2D eigenvalue weighted by Gasteiger charge is 2.58. The Bertz CT molecular complexity index is 1420. The number of likely N-dealkylation sites (tertiary alicyclic amines) is 1. The van der Waals surface area contributed by atoms with Crippen LogP contribution in [0.25, 0.3) is 11.3 Å². The average Bonchev–Trinajstić information content (AvgIpc) is 3.52. The summed E-state index contributed by atoms with van der Waals surface area (Å²) in [6.45, 7) is 0.723. The fourth-order valence-corrected chi connectivity index (χ4v) is 5.54. The van der Waals surface area contributed by atoms with Gasteiger partial charge in [-0.25, -0.2) is 9.18 Å². The predicted octanol–water partition coefficient (Wildman–Crippen LogP) is 3.58. The van der Waals surface area contributed by atoms with Crippen molar-refractivity contribution in [3.63, 3.8) is 0 Å². The second-order valence-corrected chi connectivity index (χ2v) is 9.69. The number of esters is 1. The molecule has 0 radical (unpaired) electrons. The number of rotatable bonds is 4. The van der Waals surface area contributed by atoms with Crippen molar-refractivity contribution >= 4 is 17.8 Å². The maximum Gasteiger partial charge on any atom is 0.339 e. The zero-order valence-corrected chi connectivity index (χ0v) is 19.7. The minimum Gasteiger partial charge on any atom is -0.449 e. The van der Waals surface area contributed by atoms with Crippen LogP contribution in [0.15, 0.2) is 60.8 Å². The Kier molecular flexibility index (Phi) is 4.96. The van der Waals surface area contributed by atoms with Crippen LogP contribution in [0.5, 0.6) is 0 Å². The first-order chi connectivity index (χ1) is 17.4. The van der Waals surface area contributed by atoms with Crippen molar-refractivity contribution in [3.8, 4) is 11.3 Å². The molecular formula is C28H24FN3O4. The number of amides is 2. The van der Waals surface area contributed by atoms with Crippen molar-refractivity contribution in [2.24, 2.45) is 0 Å². The molecular weight excluding hydrogens is 461 g/mol. The molecule has 0 unspecified atom stereocenters. The quantitative estimate of drug-likeness (QED) is 0.571. The number of hydrogen-bond donors (Lipinski definition) is 1. The highest BCUT2D eigenvalue weighted by molar-refractivity contribution is 5.96. The number of carbonyl (C=O) groups excluding carboxylic acids is 3. The van der Waals surface area contributed by atoms with Gasteiger partial charge in [0, 0.05) is 42.9 Å². The van der Waals surface area contributed by atoms with Gasteiger partial charge in [0.2, 0.25) is 5.91 Å². The van der Waals surface area contributed by atoms with E-state index in [0.717, 1.165) is 5.56 Å². The lowest BCUT2D eigenvalue weighted by Crippen LogP contribution is -2.40. The second-order valence-electron chi connectivity index (χ2n) is 9.69. The molecule has 3 heterocycles. The molecule has 182 valence electrons. The number of benzene rings is 2. The van der Waals surface area contributed by atoms with Crippen LogP contribution >= 0.6 is 0 Å². The van der Waals surface area contributed by atoms with E-state index in [4.69, 9.17) is 4.74 Å². The van der Waals surface area contributed by atoms with Crippen LogP contribution in [0, 0.1) is 5.82 Å². The van der Waals surface area contributed by atoms with E-state index >= 15 is 4.39 Å². The van der Waals surface area contributed by atoms with Crippen molar-refractivity contribution in [2.75, 3.05) is 20.1 Å². The largest absolute Gasteiger partial charge is 0.449 e. The molecule has 1 saturated heterocycles. The van der Waals surface area contributed by atoms with Crippen molar-refractivity contribution < 1.29 is 23.5 Å². The van der Waals surface area contributed by atoms with Gasteiger partial charge in [0.1, 0.15) is 5.82 Å². The van der Waals surface area contributed by atoms with Crippen LogP contribution in [-0.4, -0.2) is 47.8 Å². The monoisotopic (exact) mass is 485 g/mol. The zero-order valence-electron chi connectivity index (χ0n) is 19.7. The molecule has 1 aliphatic carbocycles. The van der Waals surface area contributed by atoms with Gasteiger partial charge in [-0.2, -0.15) is 0 Å². The Morgan fingerprint density at radius 2 is 1.86 bits per heavy atom. The lowest BCUT2D eigenvalue weighted by molar-refractivity contribution is -0.134. The molecule has 3 aliphatic rings. The highest BCUT2D eigenvalue weighted by atomic mass is 19.1. The molecule has 0 bridgehead atoms. The summed E-state index contributed by atoms with van der Waals surface area (Å²) in [4.78, 5) is 43.8. The first-order valence-electron chi connectivity index (χ1n) is 12.0. The standard InChI is InChI=1S/C28H24FN3O4/c1-30-24(33)18-7-9-23(31-15-18)17-6-8-21(22(29)14-17)27(10-11-27)26(35)32-13-12-28(16-32)20-5-3-2-4-19(20)25(34)36-28/h2-9,14-15H,10-13,16H2,1H3,(H,30,33)/t28-/m0/s1. The van der Waals surface area contributed by atoms with Crippen molar-refractivity contribution in [2.45, 2.75) is 30.3 Å². The average molecular weight is 486 g/mol. The van der Waals surface area contributed by atoms with Crippen LogP contribution in [0.2, 0.25) is 0 Å². The van der Waals surface area contributed by atoms with E-state index in [-0.39, 0.29) is 24.3 Å². The summed E-state index contributed by atoms with van der Waals surface area (Å²) in [7, 11) is 1.54. The summed E-state index contributed by atoms with van der Waals surface area (Å²) in [6, 6.07) is 15.4. The van der Waals surface area contributed by atoms with Crippen LogP contribution in [-0.2, 0) is 20.5 Å². The normalized spacial score (nSPS) is 21.3. The van der Waals surface area contributed by atoms with Crippen LogP contribution < -0.4 is 5.32 Å². The highest BCUT2D eigenvalue weighted by Crippen LogP contribution is 2.53. The minimum absolute atomic E-state index is 0.125. The molecule has 1 spiro atoms. The van der Waals surface area contributed by atoms with Gasteiger partial charge in [-0.3, -0.25) is 14.6 Å². The van der Waals surface area contributed by atoms with E-state index in [2.05, 4.69) is 10.3 Å². The smallest absolute Gasteiger partial charge is 0.339 e. The molecule has 2 fully saturated rings. The maximum absolute atomic E-state index is 15.4. The molecule has 3 aromatic rings. The number of aromatic nitrogens is 1. The molecule has 2 aromatic carbocycles. The Morgan fingerprint density at radius 1 is 1.06 bits per heavy atom. The number of hydrogen-bond acceptors (Lipinski definition) is 5. The van der Waals surface area contributed by atoms with Gasteiger partial charge < -0.3 is 15.0 Å². The maximum atomic E-state index is 15.4. The fourth-order valence-electron chi connectivity index (χ4n) is 5.54. The van der Waals surface area contributed by atoms with Gasteiger partial charge in [0.05, 0.1) is 28.8 Å². The summed E-state index contributed by atoms with van der Waals surface area (Å²) in [5.74, 6) is -1.19. The van der Waals surface area contributed by atoms with Gasteiger partial charge in [0.25, 0.3) is 5.91 Å². The summed E-state index contributed by atoms with van der Waals surface area (Å²) in [6.07, 6.45) is 3.11. The van der Waals surface area contributed by atoms with Gasteiger partial charge in [0.15, 0.2) is 5.60 Å². The number of ether oxygens (including phenoxy) is 1. The van der Waals surface area contributed by atoms with Gasteiger partial charge in [-0.05, 0) is 37.1 Å². The fraction of sp³-hybridized carbons (Fsp3) is 0.286. The number of carbonyl (C=O) groups is 3. The van der Waals surface area contributed by atoms with Crippen molar-refractivity contribution in [3.05, 3.63) is 88.9 Å². The van der Waals surface area contributed by atoms with Gasteiger partial charge >= 0.3 is 5.97 Å². The molecule has 36 heavy (non-hydrogen) atoms. The third-order valence-electron chi connectivity index (χ3n) is 7.64. The first-order valence-corrected chi connectivity index (χ1v) is 12.0. The van der Waals surface area contributed by atoms with E-state index in [9.17, 15) is 14.4 Å². The van der Waals surface area contributed by atoms with Crippen molar-refractivity contribution in [1.29, 1.82) is 0 Å². The Labute approximate surface area is 207 Å². The van der Waals surface area contributed by atoms with E-state index in [0.29, 0.717) is 53.8 Å². The molecule has 7 nitrogen and oxygen atoms in total. The SMILES string of the molecule is CNC(=O)c1ccc(-c2ccc(C3(C(=O)N4CC[C@@]5(C4)OC(=O)c4ccccc45)CC3)c(F)c2)nc1. The van der Waals surface area contributed by atoms with E-state index in [1.54, 1.807) is 48.3 Å². The van der Waals surface area contributed by atoms with Crippen LogP contribution in [0.4, 0.5) is 4.39 Å². The summed E-state index contributed by atoms with van der Waals surface area (Å²) in [5.41, 5.74) is 1.54. The molecule has 2 amide bonds. The molecule has 1 aromatic heterocycles. The van der Waals surface area contributed by atoms with E-state index in [1.807, 2.05) is 12.1 Å². The number of nitrogens with zero attached hydrogens (tertiary/aromatic N) is 2. The Morgan fingerprint density at radius 3 is 2.56 bits per heavy atom. The zero-order chi connectivity index (χ0) is 25.1. The molecule has 1 N–H and O–H groups in total. The number of halogens is 1. The van der Waals surface area contributed by atoms with Crippen LogP contribution in [0.1, 0.15) is 51.1 Å². The van der Waals surface area contributed by atoms with E-state index in [1.165, 1.54) is 12.3 Å². The van der Waals surface area contributed by atoms with Crippen molar-refractivity contribution in [1.82, 2.24) is 15.2 Å². The first kappa shape index (κ1) is 22.4. The summed E-state index contributed by atoms with van der Waals surface area (Å²) >= 11 is 0. The minimum atomic E-state index is -0.896. The summed E-state index contributed by atoms with van der Waals surface area (Å²) < 4.78 is 21.2. The predicted molar refractivity (Wildman–Crippen MR) is 129 cm³/mol. The van der Waals surface area contributed by atoms with E-state index < -0.39 is 16.8 Å². The van der Waals surface area contributed by atoms with Gasteiger partial charge in [-0.1, -0.05) is 30.3 Å². The Balaban J connectivity index is 1.24. The topological polar surface area (TPSA) is 88.6 Å². The molecule has 2 aliphatic heterocycles. The number of fused-ring (bicyclic) bond motifs is 2. The Hall–Kier alpha value is -4.07.